The molecule has 1 heterocycles. The summed E-state index contributed by atoms with van der Waals surface area (Å²) in [5.74, 6) is 0.331. The highest BCUT2D eigenvalue weighted by Crippen LogP contribution is 2.30. The minimum absolute atomic E-state index is 0.167. The molecule has 0 N–H and O–H groups in total. The minimum atomic E-state index is 0.167. The number of fused-ring (bicyclic) bond motifs is 1. The van der Waals surface area contributed by atoms with Crippen LogP contribution < -0.4 is 0 Å². The molecule has 1 saturated heterocycles. The second-order valence-corrected chi connectivity index (χ2v) is 2.90. The third kappa shape index (κ3) is 1.03. The van der Waals surface area contributed by atoms with Crippen molar-refractivity contribution in [1.82, 2.24) is 0 Å². The lowest BCUT2D eigenvalue weighted by Crippen LogP contribution is -2.18. The molecule has 0 radical (unpaired) electrons. The number of allylic oxidation sites excluding steroid dienone is 2. The summed E-state index contributed by atoms with van der Waals surface area (Å²) in [7, 11) is 0. The van der Waals surface area contributed by atoms with E-state index in [2.05, 4.69) is 0 Å². The van der Waals surface area contributed by atoms with E-state index in [-0.39, 0.29) is 6.10 Å². The maximum Gasteiger partial charge on any atom is 0.146 e. The Kier molecular flexibility index (Phi) is 1.62. The Morgan fingerprint density at radius 2 is 2.55 bits per heavy atom. The molecule has 2 rings (SSSR count). The maximum absolute atomic E-state index is 10.5. The van der Waals surface area contributed by atoms with E-state index in [1.54, 1.807) is 0 Å². The number of aldehydes is 1. The van der Waals surface area contributed by atoms with Gasteiger partial charge in [-0.15, -0.1) is 0 Å². The molecule has 2 aliphatic rings. The van der Waals surface area contributed by atoms with Crippen LogP contribution in [0.25, 0.3) is 0 Å². The Balaban J connectivity index is 2.26. The number of hydrogen-bond acceptors (Lipinski definition) is 2. The first-order chi connectivity index (χ1) is 5.42. The van der Waals surface area contributed by atoms with Gasteiger partial charge in [0.15, 0.2) is 0 Å². The standard InChI is InChI=1S/C9H10O2/c10-6-7-2-1-3-9-8(7)4-5-11-9/h1-3,6,8-9H,4-5H2. The van der Waals surface area contributed by atoms with E-state index in [4.69, 9.17) is 4.74 Å². The molecular weight excluding hydrogens is 140 g/mol. The van der Waals surface area contributed by atoms with Gasteiger partial charge < -0.3 is 4.74 Å². The number of hydrogen-bond donors (Lipinski definition) is 0. The molecule has 0 spiro atoms. The first kappa shape index (κ1) is 6.80. The zero-order valence-corrected chi connectivity index (χ0v) is 6.19. The van der Waals surface area contributed by atoms with Crippen molar-refractivity contribution in [1.29, 1.82) is 0 Å². The summed E-state index contributed by atoms with van der Waals surface area (Å²) in [6.07, 6.45) is 7.89. The average Bonchev–Trinajstić information content (AvgIpc) is 2.50. The molecule has 2 nitrogen and oxygen atoms in total. The van der Waals surface area contributed by atoms with Gasteiger partial charge in [0.25, 0.3) is 0 Å². The quantitative estimate of drug-likeness (QED) is 0.523. The smallest absolute Gasteiger partial charge is 0.146 e. The molecule has 2 unspecified atom stereocenters. The van der Waals surface area contributed by atoms with Gasteiger partial charge in [-0.3, -0.25) is 4.79 Å². The monoisotopic (exact) mass is 150 g/mol. The van der Waals surface area contributed by atoms with Gasteiger partial charge in [-0.25, -0.2) is 0 Å². The zero-order chi connectivity index (χ0) is 7.68. The Bertz CT molecular complexity index is 228. The van der Waals surface area contributed by atoms with Gasteiger partial charge in [-0.05, 0) is 12.0 Å². The molecule has 11 heavy (non-hydrogen) atoms. The third-order valence-electron chi connectivity index (χ3n) is 2.29. The van der Waals surface area contributed by atoms with Crippen LogP contribution in [-0.2, 0) is 9.53 Å². The highest BCUT2D eigenvalue weighted by molar-refractivity contribution is 5.75. The summed E-state index contributed by atoms with van der Waals surface area (Å²) in [6, 6.07) is 0. The van der Waals surface area contributed by atoms with Crippen LogP contribution in [0.2, 0.25) is 0 Å². The summed E-state index contributed by atoms with van der Waals surface area (Å²) < 4.78 is 5.40. The van der Waals surface area contributed by atoms with Crippen LogP contribution in [0.5, 0.6) is 0 Å². The summed E-state index contributed by atoms with van der Waals surface area (Å²) in [5.41, 5.74) is 0.884. The number of carbonyl (C=O) groups excluding carboxylic acids is 1. The van der Waals surface area contributed by atoms with Crippen LogP contribution in [0.4, 0.5) is 0 Å². The van der Waals surface area contributed by atoms with Crippen LogP contribution >= 0.6 is 0 Å². The van der Waals surface area contributed by atoms with Crippen molar-refractivity contribution in [2.45, 2.75) is 12.5 Å². The second-order valence-electron chi connectivity index (χ2n) is 2.90. The second kappa shape index (κ2) is 2.62. The Morgan fingerprint density at radius 3 is 3.36 bits per heavy atom. The van der Waals surface area contributed by atoms with Crippen molar-refractivity contribution >= 4 is 6.29 Å². The Hall–Kier alpha value is -0.890. The van der Waals surface area contributed by atoms with Crippen LogP contribution in [0.15, 0.2) is 23.8 Å². The molecule has 1 aliphatic heterocycles. The van der Waals surface area contributed by atoms with Gasteiger partial charge in [0, 0.05) is 12.5 Å². The molecule has 1 fully saturated rings. The molecule has 0 aromatic rings. The lowest BCUT2D eigenvalue weighted by Gasteiger charge is -2.17. The predicted molar refractivity (Wildman–Crippen MR) is 41.1 cm³/mol. The van der Waals surface area contributed by atoms with E-state index in [0.29, 0.717) is 5.92 Å². The molecule has 2 atom stereocenters. The molecule has 0 aromatic heterocycles. The van der Waals surface area contributed by atoms with E-state index in [0.717, 1.165) is 24.9 Å². The molecule has 58 valence electrons. The molecule has 0 amide bonds. The van der Waals surface area contributed by atoms with Gasteiger partial charge in [0.1, 0.15) is 6.29 Å². The molecule has 0 saturated carbocycles. The zero-order valence-electron chi connectivity index (χ0n) is 6.19. The fraction of sp³-hybridized carbons (Fsp3) is 0.444. The topological polar surface area (TPSA) is 26.3 Å². The van der Waals surface area contributed by atoms with Gasteiger partial charge in [-0.2, -0.15) is 0 Å². The molecule has 2 heteroatoms. The highest BCUT2D eigenvalue weighted by Gasteiger charge is 2.30. The Labute approximate surface area is 65.5 Å². The summed E-state index contributed by atoms with van der Waals surface area (Å²) in [4.78, 5) is 10.5. The Morgan fingerprint density at radius 1 is 1.64 bits per heavy atom. The van der Waals surface area contributed by atoms with Crippen LogP contribution in [0.1, 0.15) is 6.42 Å². The summed E-state index contributed by atoms with van der Waals surface area (Å²) in [5, 5.41) is 0. The van der Waals surface area contributed by atoms with Crippen LogP contribution in [-0.4, -0.2) is 19.0 Å². The fourth-order valence-corrected chi connectivity index (χ4v) is 1.68. The summed E-state index contributed by atoms with van der Waals surface area (Å²) in [6.45, 7) is 0.783. The SMILES string of the molecule is O=CC1=CC=CC2OCCC12. The maximum atomic E-state index is 10.5. The van der Waals surface area contributed by atoms with Crippen molar-refractivity contribution in [2.24, 2.45) is 5.92 Å². The van der Waals surface area contributed by atoms with Crippen molar-refractivity contribution in [3.8, 4) is 0 Å². The van der Waals surface area contributed by atoms with E-state index in [1.807, 2.05) is 18.2 Å². The first-order valence-corrected chi connectivity index (χ1v) is 3.87. The first-order valence-electron chi connectivity index (χ1n) is 3.87. The third-order valence-corrected chi connectivity index (χ3v) is 2.29. The van der Waals surface area contributed by atoms with Crippen LogP contribution in [0, 0.1) is 5.92 Å². The lowest BCUT2D eigenvalue weighted by molar-refractivity contribution is -0.105. The normalized spacial score (nSPS) is 34.7. The van der Waals surface area contributed by atoms with E-state index >= 15 is 0 Å². The number of carbonyl (C=O) groups is 1. The highest BCUT2D eigenvalue weighted by atomic mass is 16.5. The van der Waals surface area contributed by atoms with Crippen molar-refractivity contribution in [3.05, 3.63) is 23.8 Å². The van der Waals surface area contributed by atoms with E-state index < -0.39 is 0 Å². The number of ether oxygens (including phenoxy) is 1. The summed E-state index contributed by atoms with van der Waals surface area (Å²) >= 11 is 0. The van der Waals surface area contributed by atoms with Gasteiger partial charge >= 0.3 is 0 Å². The largest absolute Gasteiger partial charge is 0.373 e. The minimum Gasteiger partial charge on any atom is -0.373 e. The predicted octanol–water partition coefficient (Wildman–Crippen LogP) is 1.09. The molecule has 0 bridgehead atoms. The van der Waals surface area contributed by atoms with Gasteiger partial charge in [-0.1, -0.05) is 18.2 Å². The van der Waals surface area contributed by atoms with Crippen molar-refractivity contribution < 1.29 is 9.53 Å². The number of rotatable bonds is 1. The van der Waals surface area contributed by atoms with E-state index in [1.165, 1.54) is 0 Å². The molecule has 0 aromatic carbocycles. The molecular formula is C9H10O2. The molecule has 1 aliphatic carbocycles. The van der Waals surface area contributed by atoms with Crippen molar-refractivity contribution in [2.75, 3.05) is 6.61 Å². The van der Waals surface area contributed by atoms with Gasteiger partial charge in [0.05, 0.1) is 6.10 Å². The van der Waals surface area contributed by atoms with E-state index in [9.17, 15) is 4.79 Å². The van der Waals surface area contributed by atoms with Crippen molar-refractivity contribution in [3.63, 3.8) is 0 Å². The fourth-order valence-electron chi connectivity index (χ4n) is 1.68. The van der Waals surface area contributed by atoms with Crippen LogP contribution in [0.3, 0.4) is 0 Å². The lowest BCUT2D eigenvalue weighted by atomic mass is 9.89. The van der Waals surface area contributed by atoms with Gasteiger partial charge in [0.2, 0.25) is 0 Å². The average molecular weight is 150 g/mol.